The Labute approximate surface area is 132 Å². The summed E-state index contributed by atoms with van der Waals surface area (Å²) >= 11 is 0. The zero-order valence-corrected chi connectivity index (χ0v) is 13.4. The standard InChI is InChI=1S/C11H15F2N3O4S.ClH/c1-7-3-8(2)10(4-9(7)16(17)18)21(19,20)15-6-11(12,13)5-14;/h3-4,15H,5-6,14H2,1-2H3;1H. The second-order valence-electron chi connectivity index (χ2n) is 4.55. The van der Waals surface area contributed by atoms with Gasteiger partial charge in [-0.1, -0.05) is 0 Å². The molecule has 0 heterocycles. The fourth-order valence-corrected chi connectivity index (χ4v) is 2.96. The lowest BCUT2D eigenvalue weighted by Crippen LogP contribution is -2.41. The fourth-order valence-electron chi connectivity index (χ4n) is 1.66. The number of alkyl halides is 2. The number of aryl methyl sites for hydroxylation is 2. The van der Waals surface area contributed by atoms with Gasteiger partial charge in [-0.3, -0.25) is 10.1 Å². The molecule has 7 nitrogen and oxygen atoms in total. The number of nitrogens with one attached hydrogen (secondary N) is 1. The lowest BCUT2D eigenvalue weighted by molar-refractivity contribution is -0.385. The van der Waals surface area contributed by atoms with Crippen molar-refractivity contribution in [3.8, 4) is 0 Å². The van der Waals surface area contributed by atoms with Gasteiger partial charge in [0.05, 0.1) is 22.9 Å². The summed E-state index contributed by atoms with van der Waals surface area (Å²) in [7, 11) is -4.30. The molecule has 1 aromatic rings. The van der Waals surface area contributed by atoms with E-state index in [-0.39, 0.29) is 23.5 Å². The minimum Gasteiger partial charge on any atom is -0.325 e. The molecule has 0 aliphatic rings. The second kappa shape index (κ2) is 7.27. The van der Waals surface area contributed by atoms with Gasteiger partial charge in [-0.2, -0.15) is 0 Å². The van der Waals surface area contributed by atoms with Crippen molar-refractivity contribution in [1.82, 2.24) is 4.72 Å². The number of hydrogen-bond donors (Lipinski definition) is 2. The maximum atomic E-state index is 13.0. The molecular formula is C11H16ClF2N3O4S. The average molecular weight is 360 g/mol. The average Bonchev–Trinajstić information content (AvgIpc) is 2.36. The van der Waals surface area contributed by atoms with Crippen LogP contribution in [0.2, 0.25) is 0 Å². The smallest absolute Gasteiger partial charge is 0.273 e. The van der Waals surface area contributed by atoms with E-state index in [1.165, 1.54) is 19.9 Å². The van der Waals surface area contributed by atoms with Crippen LogP contribution in [-0.4, -0.2) is 32.4 Å². The molecule has 0 amide bonds. The molecule has 0 spiro atoms. The van der Waals surface area contributed by atoms with E-state index in [2.05, 4.69) is 0 Å². The Hall–Kier alpha value is -1.36. The van der Waals surface area contributed by atoms with Crippen molar-refractivity contribution in [3.05, 3.63) is 33.4 Å². The van der Waals surface area contributed by atoms with Crippen molar-refractivity contribution in [1.29, 1.82) is 0 Å². The summed E-state index contributed by atoms with van der Waals surface area (Å²) < 4.78 is 51.7. The summed E-state index contributed by atoms with van der Waals surface area (Å²) in [5.41, 5.74) is 4.92. The van der Waals surface area contributed by atoms with Gasteiger partial charge < -0.3 is 5.73 Å². The lowest BCUT2D eigenvalue weighted by Gasteiger charge is -2.15. The van der Waals surface area contributed by atoms with Gasteiger partial charge in [0.25, 0.3) is 11.6 Å². The summed E-state index contributed by atoms with van der Waals surface area (Å²) in [6.07, 6.45) is 0. The summed E-state index contributed by atoms with van der Waals surface area (Å²) in [5, 5.41) is 10.8. The normalized spacial score (nSPS) is 11.9. The molecule has 3 N–H and O–H groups in total. The third-order valence-corrected chi connectivity index (χ3v) is 4.34. The molecule has 0 atom stereocenters. The Bertz CT molecular complexity index is 668. The molecule has 126 valence electrons. The van der Waals surface area contributed by atoms with E-state index in [0.29, 0.717) is 0 Å². The minimum absolute atomic E-state index is 0. The molecule has 0 aliphatic carbocycles. The Balaban J connectivity index is 0.00000441. The van der Waals surface area contributed by atoms with E-state index in [9.17, 15) is 27.3 Å². The number of halogens is 3. The Morgan fingerprint density at radius 1 is 1.32 bits per heavy atom. The van der Waals surface area contributed by atoms with Crippen LogP contribution in [0.4, 0.5) is 14.5 Å². The van der Waals surface area contributed by atoms with Crippen LogP contribution in [0, 0.1) is 24.0 Å². The molecule has 0 bridgehead atoms. The van der Waals surface area contributed by atoms with Gasteiger partial charge in [-0.05, 0) is 25.5 Å². The van der Waals surface area contributed by atoms with Crippen LogP contribution in [0.3, 0.4) is 0 Å². The molecule has 1 rings (SSSR count). The number of rotatable bonds is 6. The van der Waals surface area contributed by atoms with Crippen LogP contribution in [0.5, 0.6) is 0 Å². The number of sulfonamides is 1. The van der Waals surface area contributed by atoms with Gasteiger partial charge in [0, 0.05) is 11.6 Å². The predicted molar refractivity (Wildman–Crippen MR) is 79.0 cm³/mol. The predicted octanol–water partition coefficient (Wildman–Crippen LogP) is 1.51. The topological polar surface area (TPSA) is 115 Å². The number of nitrogens with zero attached hydrogens (tertiary/aromatic N) is 1. The number of nitro groups is 1. The number of nitro benzene ring substituents is 1. The highest BCUT2D eigenvalue weighted by atomic mass is 35.5. The first-order chi connectivity index (χ1) is 9.50. The van der Waals surface area contributed by atoms with Crippen molar-refractivity contribution >= 4 is 28.1 Å². The first-order valence-corrected chi connectivity index (χ1v) is 7.32. The molecule has 0 fully saturated rings. The van der Waals surface area contributed by atoms with Crippen molar-refractivity contribution in [2.45, 2.75) is 24.7 Å². The number of benzene rings is 1. The lowest BCUT2D eigenvalue weighted by atomic mass is 10.1. The third kappa shape index (κ3) is 4.83. The van der Waals surface area contributed by atoms with Gasteiger partial charge in [0.15, 0.2) is 0 Å². The molecule has 11 heteroatoms. The highest BCUT2D eigenvalue weighted by Gasteiger charge is 2.30. The molecular weight excluding hydrogens is 344 g/mol. The zero-order chi connectivity index (χ0) is 16.4. The van der Waals surface area contributed by atoms with Crippen LogP contribution >= 0.6 is 12.4 Å². The number of hydrogen-bond acceptors (Lipinski definition) is 5. The molecule has 0 saturated carbocycles. The maximum absolute atomic E-state index is 13.0. The first kappa shape index (κ1) is 20.6. The summed E-state index contributed by atoms with van der Waals surface area (Å²) in [5.74, 6) is -3.39. The van der Waals surface area contributed by atoms with Gasteiger partial charge in [-0.15, -0.1) is 12.4 Å². The largest absolute Gasteiger partial charge is 0.325 e. The minimum atomic E-state index is -4.30. The third-order valence-electron chi connectivity index (χ3n) is 2.80. The van der Waals surface area contributed by atoms with Crippen molar-refractivity contribution in [3.63, 3.8) is 0 Å². The molecule has 0 radical (unpaired) electrons. The number of nitrogens with two attached hydrogens (primary N) is 1. The SMILES string of the molecule is Cc1cc(C)c(S(=O)(=O)NCC(F)(F)CN)cc1[N+](=O)[O-].Cl. The van der Waals surface area contributed by atoms with Crippen molar-refractivity contribution in [2.75, 3.05) is 13.1 Å². The van der Waals surface area contributed by atoms with Gasteiger partial charge in [0.1, 0.15) is 0 Å². The van der Waals surface area contributed by atoms with Gasteiger partial charge in [0.2, 0.25) is 10.0 Å². The Morgan fingerprint density at radius 3 is 2.32 bits per heavy atom. The molecule has 0 saturated heterocycles. The van der Waals surface area contributed by atoms with Gasteiger partial charge in [-0.25, -0.2) is 21.9 Å². The Morgan fingerprint density at radius 2 is 1.86 bits per heavy atom. The summed E-state index contributed by atoms with van der Waals surface area (Å²) in [6.45, 7) is 0.694. The van der Waals surface area contributed by atoms with E-state index >= 15 is 0 Å². The first-order valence-electron chi connectivity index (χ1n) is 5.83. The molecule has 0 aromatic heterocycles. The van der Waals surface area contributed by atoms with Crippen molar-refractivity contribution < 1.29 is 22.1 Å². The second-order valence-corrected chi connectivity index (χ2v) is 6.28. The van der Waals surface area contributed by atoms with E-state index in [0.717, 1.165) is 6.07 Å². The van der Waals surface area contributed by atoms with Crippen molar-refractivity contribution in [2.24, 2.45) is 5.73 Å². The molecule has 22 heavy (non-hydrogen) atoms. The van der Waals surface area contributed by atoms with Crippen LogP contribution in [0.1, 0.15) is 11.1 Å². The van der Waals surface area contributed by atoms with E-state index < -0.39 is 44.5 Å². The maximum Gasteiger partial charge on any atom is 0.273 e. The van der Waals surface area contributed by atoms with Gasteiger partial charge >= 0.3 is 0 Å². The van der Waals surface area contributed by atoms with E-state index in [1.807, 2.05) is 0 Å². The monoisotopic (exact) mass is 359 g/mol. The molecule has 0 unspecified atom stereocenters. The van der Waals surface area contributed by atoms with E-state index in [1.54, 1.807) is 4.72 Å². The highest BCUT2D eigenvalue weighted by Crippen LogP contribution is 2.26. The molecule has 0 aliphatic heterocycles. The summed E-state index contributed by atoms with van der Waals surface area (Å²) in [4.78, 5) is 9.69. The van der Waals surface area contributed by atoms with Crippen LogP contribution in [0.25, 0.3) is 0 Å². The van der Waals surface area contributed by atoms with E-state index in [4.69, 9.17) is 5.73 Å². The summed E-state index contributed by atoms with van der Waals surface area (Å²) in [6, 6.07) is 2.17. The van der Waals surface area contributed by atoms with Crippen LogP contribution in [-0.2, 0) is 10.0 Å². The fraction of sp³-hybridized carbons (Fsp3) is 0.455. The molecule has 1 aromatic carbocycles. The van der Waals surface area contributed by atoms with Crippen LogP contribution < -0.4 is 10.5 Å². The van der Waals surface area contributed by atoms with Crippen LogP contribution in [0.15, 0.2) is 17.0 Å². The highest BCUT2D eigenvalue weighted by molar-refractivity contribution is 7.89. The zero-order valence-electron chi connectivity index (χ0n) is 11.8. The quantitative estimate of drug-likeness (QED) is 0.590. The Kier molecular flexibility index (Phi) is 6.82.